The van der Waals surface area contributed by atoms with Crippen molar-refractivity contribution in [1.82, 2.24) is 9.44 Å². The normalized spacial score (nSPS) is 13.6. The Morgan fingerprint density at radius 1 is 0.714 bits per heavy atom. The summed E-state index contributed by atoms with van der Waals surface area (Å²) in [5, 5.41) is 0. The van der Waals surface area contributed by atoms with Gasteiger partial charge in [0.25, 0.3) is 11.8 Å². The Morgan fingerprint density at radius 3 is 1.14 bits per heavy atom. The SMILES string of the molecule is O=C(NS(=O)(=O)OS(=O)(=O)NC(=O)C(Br)(Br)Br)C(Br)(Br)Br. The number of hydrogen-bond acceptors (Lipinski definition) is 7. The first-order valence-corrected chi connectivity index (χ1v) is 11.5. The molecule has 0 unspecified atom stereocenters. The van der Waals surface area contributed by atoms with Crippen molar-refractivity contribution in [3.05, 3.63) is 0 Å². The van der Waals surface area contributed by atoms with Crippen molar-refractivity contribution in [3.63, 3.8) is 0 Å². The Kier molecular flexibility index (Phi) is 8.33. The summed E-state index contributed by atoms with van der Waals surface area (Å²) in [5.41, 5.74) is 0. The molecule has 2 N–H and O–H groups in total. The van der Waals surface area contributed by atoms with E-state index in [0.29, 0.717) is 0 Å². The number of amides is 2. The summed E-state index contributed by atoms with van der Waals surface area (Å²) < 4.78 is 48.3. The number of rotatable bonds is 4. The van der Waals surface area contributed by atoms with Gasteiger partial charge in [0, 0.05) is 0 Å². The molecule has 0 aromatic rings. The average molecular weight is 734 g/mol. The van der Waals surface area contributed by atoms with Crippen molar-refractivity contribution in [3.8, 4) is 0 Å². The number of nitrogens with one attached hydrogen (secondary N) is 2. The molecule has 0 aliphatic rings. The topological polar surface area (TPSA) is 136 Å². The average Bonchev–Trinajstić information content (AvgIpc) is 2.09. The van der Waals surface area contributed by atoms with E-state index in [-0.39, 0.29) is 0 Å². The van der Waals surface area contributed by atoms with Crippen LogP contribution >= 0.6 is 95.6 Å². The molecule has 21 heavy (non-hydrogen) atoms. The molecular formula is C4H2Br6N2O7S2. The van der Waals surface area contributed by atoms with Gasteiger partial charge >= 0.3 is 20.6 Å². The molecule has 0 spiro atoms. The van der Waals surface area contributed by atoms with Crippen LogP contribution in [0.15, 0.2) is 0 Å². The molecule has 0 radical (unpaired) electrons. The van der Waals surface area contributed by atoms with Gasteiger partial charge in [-0.15, -0.1) is 3.63 Å². The van der Waals surface area contributed by atoms with Crippen LogP contribution in [0.5, 0.6) is 0 Å². The maximum Gasteiger partial charge on any atom is 0.378 e. The Bertz CT molecular complexity index is 575. The summed E-state index contributed by atoms with van der Waals surface area (Å²) in [4.78, 5) is 22.7. The maximum atomic E-state index is 11.4. The Morgan fingerprint density at radius 2 is 0.952 bits per heavy atom. The lowest BCUT2D eigenvalue weighted by Crippen LogP contribution is -2.44. The van der Waals surface area contributed by atoms with Gasteiger partial charge in [-0.1, -0.05) is 0 Å². The highest BCUT2D eigenvalue weighted by Crippen LogP contribution is 2.34. The molecule has 9 nitrogen and oxygen atoms in total. The minimum atomic E-state index is -5.05. The zero-order valence-corrected chi connectivity index (χ0v) is 20.1. The van der Waals surface area contributed by atoms with Gasteiger partial charge in [-0.05, 0) is 95.6 Å². The van der Waals surface area contributed by atoms with Gasteiger partial charge in [-0.2, -0.15) is 16.8 Å². The number of halogens is 6. The lowest BCUT2D eigenvalue weighted by atomic mass is 10.8. The van der Waals surface area contributed by atoms with Crippen molar-refractivity contribution in [2.45, 2.75) is 4.29 Å². The first-order chi connectivity index (χ1) is 8.96. The van der Waals surface area contributed by atoms with Gasteiger partial charge < -0.3 is 0 Å². The molecule has 0 saturated heterocycles. The molecule has 0 fully saturated rings. The molecule has 0 saturated carbocycles. The minimum Gasteiger partial charge on any atom is -0.270 e. The van der Waals surface area contributed by atoms with Crippen LogP contribution in [0, 0.1) is 0 Å². The van der Waals surface area contributed by atoms with Crippen molar-refractivity contribution in [2.24, 2.45) is 0 Å². The second kappa shape index (κ2) is 7.71. The van der Waals surface area contributed by atoms with E-state index in [1.807, 2.05) is 0 Å². The summed E-state index contributed by atoms with van der Waals surface area (Å²) in [6, 6.07) is 0. The monoisotopic (exact) mass is 727 g/mol. The van der Waals surface area contributed by atoms with Crippen LogP contribution < -0.4 is 9.44 Å². The van der Waals surface area contributed by atoms with Gasteiger partial charge in [0.05, 0.1) is 0 Å². The summed E-state index contributed by atoms with van der Waals surface area (Å²) >= 11 is 16.2. The van der Waals surface area contributed by atoms with Crippen LogP contribution in [0.4, 0.5) is 0 Å². The van der Waals surface area contributed by atoms with E-state index >= 15 is 0 Å². The van der Waals surface area contributed by atoms with Crippen LogP contribution in [0.3, 0.4) is 0 Å². The zero-order chi connectivity index (χ0) is 17.3. The molecule has 0 aliphatic heterocycles. The summed E-state index contributed by atoms with van der Waals surface area (Å²) in [7, 11) is -10.1. The predicted octanol–water partition coefficient (Wildman–Crippen LogP) is 1.40. The molecule has 0 atom stereocenters. The molecular weight excluding hydrogens is 732 g/mol. The maximum absolute atomic E-state index is 11.4. The summed E-state index contributed by atoms with van der Waals surface area (Å²) in [6.45, 7) is 0. The van der Waals surface area contributed by atoms with Crippen LogP contribution in [0.1, 0.15) is 0 Å². The number of alkyl halides is 6. The molecule has 0 aromatic heterocycles. The Balaban J connectivity index is 5.03. The first-order valence-electron chi connectivity index (χ1n) is 3.95. The quantitative estimate of drug-likeness (QED) is 0.418. The number of carbonyl (C=O) groups is 2. The fraction of sp³-hybridized carbons (Fsp3) is 0.500. The highest BCUT2D eigenvalue weighted by molar-refractivity contribution is 9.40. The standard InChI is InChI=1S/C4H2Br6N2O7S2/c5-3(6,7)1(13)11-20(15,16)19-21(17,18)12-2(14)4(8,9)10/h(H,11,13)(H,12,14). The molecule has 0 bridgehead atoms. The number of hydrogen-bond donors (Lipinski definition) is 2. The van der Waals surface area contributed by atoms with Crippen LogP contribution in [-0.2, 0) is 33.8 Å². The Hall–Kier alpha value is 1.68. The van der Waals surface area contributed by atoms with Gasteiger partial charge in [0.2, 0.25) is 4.29 Å². The molecule has 0 aliphatic carbocycles. The van der Waals surface area contributed by atoms with E-state index in [1.165, 1.54) is 9.44 Å². The van der Waals surface area contributed by atoms with Crippen LogP contribution in [0.25, 0.3) is 0 Å². The highest BCUT2D eigenvalue weighted by atomic mass is 80.0. The summed E-state index contributed by atoms with van der Waals surface area (Å²) in [6.07, 6.45) is 0. The molecule has 0 rings (SSSR count). The lowest BCUT2D eigenvalue weighted by molar-refractivity contribution is -0.118. The van der Waals surface area contributed by atoms with Gasteiger partial charge in [0.1, 0.15) is 0 Å². The minimum absolute atomic E-state index is 1.24. The lowest BCUT2D eigenvalue weighted by Gasteiger charge is -2.14. The van der Waals surface area contributed by atoms with E-state index in [1.54, 1.807) is 0 Å². The zero-order valence-electron chi connectivity index (χ0n) is 8.94. The van der Waals surface area contributed by atoms with Crippen molar-refractivity contribution in [2.75, 3.05) is 0 Å². The molecule has 0 heterocycles. The molecule has 0 aromatic carbocycles. The van der Waals surface area contributed by atoms with Gasteiger partial charge in [0.15, 0.2) is 0 Å². The fourth-order valence-electron chi connectivity index (χ4n) is 0.495. The molecule has 17 heteroatoms. The second-order valence-corrected chi connectivity index (χ2v) is 19.1. The van der Waals surface area contributed by atoms with Gasteiger partial charge in [-0.25, -0.2) is 9.44 Å². The van der Waals surface area contributed by atoms with E-state index in [2.05, 4.69) is 99.2 Å². The highest BCUT2D eigenvalue weighted by Gasteiger charge is 2.37. The van der Waals surface area contributed by atoms with Crippen molar-refractivity contribution >= 4 is 128 Å². The molecule has 2 amide bonds. The first kappa shape index (κ1) is 22.7. The van der Waals surface area contributed by atoms with E-state index < -0.39 is 36.7 Å². The largest absolute Gasteiger partial charge is 0.378 e. The third-order valence-electron chi connectivity index (χ3n) is 1.13. The second-order valence-electron chi connectivity index (χ2n) is 2.83. The Labute approximate surface area is 170 Å². The molecule has 124 valence electrons. The van der Waals surface area contributed by atoms with Crippen LogP contribution in [-0.4, -0.2) is 32.9 Å². The predicted molar refractivity (Wildman–Crippen MR) is 94.2 cm³/mol. The van der Waals surface area contributed by atoms with E-state index in [0.717, 1.165) is 0 Å². The van der Waals surface area contributed by atoms with Crippen molar-refractivity contribution in [1.29, 1.82) is 0 Å². The van der Waals surface area contributed by atoms with Gasteiger partial charge in [-0.3, -0.25) is 9.59 Å². The summed E-state index contributed by atoms with van der Waals surface area (Å²) in [5.74, 6) is -2.47. The smallest absolute Gasteiger partial charge is 0.270 e. The third kappa shape index (κ3) is 9.53. The third-order valence-corrected chi connectivity index (χ3v) is 5.59. The van der Waals surface area contributed by atoms with Crippen LogP contribution in [0.2, 0.25) is 0 Å². The fourth-order valence-corrected chi connectivity index (χ4v) is 3.85. The number of carbonyl (C=O) groups excluding carboxylic acids is 2. The van der Waals surface area contributed by atoms with Crippen molar-refractivity contribution < 1.29 is 30.1 Å². The van der Waals surface area contributed by atoms with E-state index in [9.17, 15) is 26.4 Å². The van der Waals surface area contributed by atoms with E-state index in [4.69, 9.17) is 0 Å².